The van der Waals surface area contributed by atoms with Gasteiger partial charge in [0.05, 0.1) is 0 Å². The van der Waals surface area contributed by atoms with Crippen LogP contribution in [-0.4, -0.2) is 17.1 Å². The maximum absolute atomic E-state index is 10.9. The first kappa shape index (κ1) is 16.5. The Morgan fingerprint density at radius 2 is 2.00 bits per heavy atom. The quantitative estimate of drug-likeness (QED) is 0.788. The van der Waals surface area contributed by atoms with Crippen molar-refractivity contribution in [2.75, 3.05) is 0 Å². The van der Waals surface area contributed by atoms with Gasteiger partial charge in [-0.15, -0.1) is 0 Å². The van der Waals surface area contributed by atoms with Crippen LogP contribution in [0.3, 0.4) is 0 Å². The first-order chi connectivity index (χ1) is 10.6. The van der Waals surface area contributed by atoms with E-state index >= 15 is 0 Å². The number of carboxylic acids is 1. The van der Waals surface area contributed by atoms with E-state index in [-0.39, 0.29) is 0 Å². The molecule has 2 rings (SSSR count). The first-order valence-corrected chi connectivity index (χ1v) is 7.77. The molecule has 2 N–H and O–H groups in total. The standard InChI is InChI=1S/C17H18BrNO3/c1-12(17(20)21)19-10-14-9-15(18)7-8-16(14)22-11-13-5-3-2-4-6-13/h2-9,12,19H,10-11H2,1H3,(H,20,21). The largest absolute Gasteiger partial charge is 0.489 e. The third-order valence-corrected chi connectivity index (χ3v) is 3.72. The topological polar surface area (TPSA) is 58.6 Å². The van der Waals surface area contributed by atoms with Gasteiger partial charge in [-0.2, -0.15) is 0 Å². The van der Waals surface area contributed by atoms with Gasteiger partial charge >= 0.3 is 5.97 Å². The van der Waals surface area contributed by atoms with E-state index in [0.29, 0.717) is 13.2 Å². The maximum Gasteiger partial charge on any atom is 0.320 e. The molecule has 5 heteroatoms. The molecule has 1 atom stereocenters. The number of aliphatic carboxylic acids is 1. The Labute approximate surface area is 138 Å². The molecular formula is C17H18BrNO3. The monoisotopic (exact) mass is 363 g/mol. The molecule has 116 valence electrons. The highest BCUT2D eigenvalue weighted by atomic mass is 79.9. The van der Waals surface area contributed by atoms with Crippen LogP contribution >= 0.6 is 15.9 Å². The molecule has 0 aromatic heterocycles. The zero-order valence-corrected chi connectivity index (χ0v) is 13.8. The smallest absolute Gasteiger partial charge is 0.320 e. The van der Waals surface area contributed by atoms with Gasteiger partial charge in [0.25, 0.3) is 0 Å². The summed E-state index contributed by atoms with van der Waals surface area (Å²) in [4.78, 5) is 10.9. The summed E-state index contributed by atoms with van der Waals surface area (Å²) < 4.78 is 6.79. The number of hydrogen-bond donors (Lipinski definition) is 2. The molecule has 0 radical (unpaired) electrons. The van der Waals surface area contributed by atoms with Crippen LogP contribution in [0.4, 0.5) is 0 Å². The minimum absolute atomic E-state index is 0.428. The van der Waals surface area contributed by atoms with Crippen molar-refractivity contribution < 1.29 is 14.6 Å². The summed E-state index contributed by atoms with van der Waals surface area (Å²) in [6, 6.07) is 15.0. The Morgan fingerprint density at radius 3 is 2.68 bits per heavy atom. The van der Waals surface area contributed by atoms with Crippen LogP contribution < -0.4 is 10.1 Å². The summed E-state index contributed by atoms with van der Waals surface area (Å²) in [6.45, 7) is 2.52. The Hall–Kier alpha value is -1.85. The van der Waals surface area contributed by atoms with Crippen molar-refractivity contribution in [3.05, 3.63) is 64.1 Å². The lowest BCUT2D eigenvalue weighted by Gasteiger charge is -2.14. The second-order valence-corrected chi connectivity index (χ2v) is 5.88. The molecule has 22 heavy (non-hydrogen) atoms. The van der Waals surface area contributed by atoms with E-state index in [1.54, 1.807) is 6.92 Å². The Balaban J connectivity index is 2.05. The normalized spacial score (nSPS) is 11.9. The van der Waals surface area contributed by atoms with Crippen molar-refractivity contribution in [2.45, 2.75) is 26.1 Å². The average Bonchev–Trinajstić information content (AvgIpc) is 2.52. The van der Waals surface area contributed by atoms with E-state index < -0.39 is 12.0 Å². The highest BCUT2D eigenvalue weighted by molar-refractivity contribution is 9.10. The van der Waals surface area contributed by atoms with Crippen LogP contribution in [-0.2, 0) is 17.9 Å². The summed E-state index contributed by atoms with van der Waals surface area (Å²) in [7, 11) is 0. The van der Waals surface area contributed by atoms with Gasteiger partial charge in [-0.1, -0.05) is 46.3 Å². The molecule has 0 aliphatic carbocycles. The minimum Gasteiger partial charge on any atom is -0.489 e. The summed E-state index contributed by atoms with van der Waals surface area (Å²) in [5.74, 6) is -0.126. The molecule has 2 aromatic rings. The SMILES string of the molecule is CC(NCc1cc(Br)ccc1OCc1ccccc1)C(=O)O. The van der Waals surface area contributed by atoms with Gasteiger partial charge in [-0.25, -0.2) is 0 Å². The van der Waals surface area contributed by atoms with Gasteiger partial charge in [0.1, 0.15) is 18.4 Å². The number of carbonyl (C=O) groups is 1. The third kappa shape index (κ3) is 4.86. The van der Waals surface area contributed by atoms with Crippen LogP contribution in [0, 0.1) is 0 Å². The van der Waals surface area contributed by atoms with Crippen molar-refractivity contribution >= 4 is 21.9 Å². The highest BCUT2D eigenvalue weighted by Crippen LogP contribution is 2.24. The minimum atomic E-state index is -0.873. The lowest BCUT2D eigenvalue weighted by molar-refractivity contribution is -0.139. The number of ether oxygens (including phenoxy) is 1. The van der Waals surface area contributed by atoms with Crippen LogP contribution in [0.2, 0.25) is 0 Å². The number of rotatable bonds is 7. The van der Waals surface area contributed by atoms with E-state index in [2.05, 4.69) is 21.2 Å². The zero-order valence-electron chi connectivity index (χ0n) is 12.3. The maximum atomic E-state index is 10.9. The van der Waals surface area contributed by atoms with E-state index in [9.17, 15) is 4.79 Å². The summed E-state index contributed by atoms with van der Waals surface area (Å²) in [6.07, 6.45) is 0. The average molecular weight is 364 g/mol. The van der Waals surface area contributed by atoms with Gasteiger partial charge in [-0.05, 0) is 30.7 Å². The van der Waals surface area contributed by atoms with Crippen LogP contribution in [0.1, 0.15) is 18.1 Å². The molecule has 1 unspecified atom stereocenters. The molecule has 2 aromatic carbocycles. The Morgan fingerprint density at radius 1 is 1.27 bits per heavy atom. The van der Waals surface area contributed by atoms with E-state index in [4.69, 9.17) is 9.84 Å². The predicted octanol–water partition coefficient (Wildman–Crippen LogP) is 3.59. The molecule has 0 aliphatic heterocycles. The number of nitrogens with one attached hydrogen (secondary N) is 1. The molecule has 0 fully saturated rings. The molecule has 4 nitrogen and oxygen atoms in total. The molecule has 0 spiro atoms. The van der Waals surface area contributed by atoms with Crippen molar-refractivity contribution in [1.29, 1.82) is 0 Å². The van der Waals surface area contributed by atoms with Crippen LogP contribution in [0.15, 0.2) is 53.0 Å². The lowest BCUT2D eigenvalue weighted by atomic mass is 10.2. The van der Waals surface area contributed by atoms with Crippen molar-refractivity contribution in [3.8, 4) is 5.75 Å². The molecule has 0 amide bonds. The fraction of sp³-hybridized carbons (Fsp3) is 0.235. The predicted molar refractivity (Wildman–Crippen MR) is 88.9 cm³/mol. The molecule has 0 saturated carbocycles. The highest BCUT2D eigenvalue weighted by Gasteiger charge is 2.12. The number of halogens is 1. The molecular weight excluding hydrogens is 346 g/mol. The van der Waals surface area contributed by atoms with Crippen molar-refractivity contribution in [1.82, 2.24) is 5.32 Å². The van der Waals surface area contributed by atoms with Gasteiger partial charge in [0.15, 0.2) is 0 Å². The molecule has 0 heterocycles. The number of benzene rings is 2. The molecule has 0 bridgehead atoms. The van der Waals surface area contributed by atoms with Crippen molar-refractivity contribution in [3.63, 3.8) is 0 Å². The fourth-order valence-corrected chi connectivity index (χ4v) is 2.32. The van der Waals surface area contributed by atoms with E-state index in [0.717, 1.165) is 21.3 Å². The second kappa shape index (κ2) is 7.96. The van der Waals surface area contributed by atoms with Gasteiger partial charge in [0.2, 0.25) is 0 Å². The van der Waals surface area contributed by atoms with E-state index in [1.165, 1.54) is 0 Å². The number of carboxylic acid groups (broad SMARTS) is 1. The molecule has 0 saturated heterocycles. The van der Waals surface area contributed by atoms with Gasteiger partial charge in [0, 0.05) is 16.6 Å². The summed E-state index contributed by atoms with van der Waals surface area (Å²) in [5.41, 5.74) is 2.00. The van der Waals surface area contributed by atoms with Gasteiger partial charge in [-0.3, -0.25) is 4.79 Å². The van der Waals surface area contributed by atoms with Crippen LogP contribution in [0.25, 0.3) is 0 Å². The number of hydrogen-bond acceptors (Lipinski definition) is 3. The van der Waals surface area contributed by atoms with Crippen LogP contribution in [0.5, 0.6) is 5.75 Å². The van der Waals surface area contributed by atoms with Gasteiger partial charge < -0.3 is 15.2 Å². The molecule has 0 aliphatic rings. The Kier molecular flexibility index (Phi) is 5.98. The second-order valence-electron chi connectivity index (χ2n) is 4.97. The Bertz CT molecular complexity index is 631. The zero-order chi connectivity index (χ0) is 15.9. The van der Waals surface area contributed by atoms with Crippen molar-refractivity contribution in [2.24, 2.45) is 0 Å². The third-order valence-electron chi connectivity index (χ3n) is 3.23. The summed E-state index contributed by atoms with van der Waals surface area (Å²) >= 11 is 3.43. The van der Waals surface area contributed by atoms with E-state index in [1.807, 2.05) is 48.5 Å². The fourth-order valence-electron chi connectivity index (χ4n) is 1.91. The first-order valence-electron chi connectivity index (χ1n) is 6.97. The summed E-state index contributed by atoms with van der Waals surface area (Å²) in [5, 5.41) is 11.9. The lowest BCUT2D eigenvalue weighted by Crippen LogP contribution is -2.33.